The van der Waals surface area contributed by atoms with Crippen molar-refractivity contribution in [3.8, 4) is 0 Å². The van der Waals surface area contributed by atoms with E-state index >= 15 is 0 Å². The van der Waals surface area contributed by atoms with Gasteiger partial charge in [0.2, 0.25) is 0 Å². The van der Waals surface area contributed by atoms with Gasteiger partial charge < -0.3 is 20.1 Å². The first-order valence-corrected chi connectivity index (χ1v) is 6.49. The highest BCUT2D eigenvalue weighted by Crippen LogP contribution is 2.13. The molecule has 0 spiro atoms. The fourth-order valence-corrected chi connectivity index (χ4v) is 2.17. The number of aliphatic hydroxyl groups is 1. The lowest BCUT2D eigenvalue weighted by Crippen LogP contribution is -2.43. The minimum Gasteiger partial charge on any atom is -0.390 e. The van der Waals surface area contributed by atoms with Crippen molar-refractivity contribution >= 4 is 0 Å². The van der Waals surface area contributed by atoms with E-state index in [9.17, 15) is 5.11 Å². The van der Waals surface area contributed by atoms with Crippen LogP contribution in [0.5, 0.6) is 0 Å². The molecule has 0 aromatic heterocycles. The minimum atomic E-state index is -0.247. The Kier molecular flexibility index (Phi) is 6.96. The summed E-state index contributed by atoms with van der Waals surface area (Å²) >= 11 is 0. The topological polar surface area (TPSA) is 44.7 Å². The molecule has 1 rings (SSSR count). The predicted octanol–water partition coefficient (Wildman–Crippen LogP) is 0.458. The third kappa shape index (κ3) is 5.25. The van der Waals surface area contributed by atoms with Gasteiger partial charge in [-0.2, -0.15) is 0 Å². The molecule has 1 aliphatic rings. The molecule has 16 heavy (non-hydrogen) atoms. The Hall–Kier alpha value is -0.160. The molecule has 1 fully saturated rings. The first-order valence-electron chi connectivity index (χ1n) is 6.49. The van der Waals surface area contributed by atoms with Crippen LogP contribution in [0.1, 0.15) is 26.7 Å². The predicted molar refractivity (Wildman–Crippen MR) is 65.6 cm³/mol. The van der Waals surface area contributed by atoms with Crippen LogP contribution in [0.4, 0.5) is 0 Å². The summed E-state index contributed by atoms with van der Waals surface area (Å²) in [4.78, 5) is 2.33. The maximum atomic E-state index is 9.77. The van der Waals surface area contributed by atoms with Gasteiger partial charge in [0.15, 0.2) is 0 Å². The van der Waals surface area contributed by atoms with Crippen molar-refractivity contribution in [1.29, 1.82) is 0 Å². The molecule has 0 aliphatic carbocycles. The molecule has 4 heteroatoms. The Morgan fingerprint density at radius 3 is 2.62 bits per heavy atom. The van der Waals surface area contributed by atoms with Gasteiger partial charge in [-0.25, -0.2) is 0 Å². The molecule has 2 N–H and O–H groups in total. The zero-order valence-electron chi connectivity index (χ0n) is 10.6. The van der Waals surface area contributed by atoms with Crippen LogP contribution in [0.15, 0.2) is 0 Å². The van der Waals surface area contributed by atoms with Crippen LogP contribution >= 0.6 is 0 Å². The van der Waals surface area contributed by atoms with Crippen molar-refractivity contribution in [3.05, 3.63) is 0 Å². The normalized spacial score (nSPS) is 21.2. The molecule has 0 amide bonds. The number of likely N-dealkylation sites (N-methyl/N-ethyl adjacent to an activating group) is 1. The minimum absolute atomic E-state index is 0.247. The molecular formula is C12H26N2O2. The summed E-state index contributed by atoms with van der Waals surface area (Å²) in [5.74, 6) is 0. The van der Waals surface area contributed by atoms with Gasteiger partial charge in [0.05, 0.1) is 12.2 Å². The van der Waals surface area contributed by atoms with E-state index in [-0.39, 0.29) is 6.10 Å². The highest BCUT2D eigenvalue weighted by molar-refractivity contribution is 4.75. The number of aliphatic hydroxyl groups excluding tert-OH is 1. The lowest BCUT2D eigenvalue weighted by Gasteiger charge is -2.32. The van der Waals surface area contributed by atoms with Crippen molar-refractivity contribution in [2.45, 2.75) is 38.9 Å². The monoisotopic (exact) mass is 230 g/mol. The average molecular weight is 230 g/mol. The third-order valence-corrected chi connectivity index (χ3v) is 3.04. The van der Waals surface area contributed by atoms with Crippen LogP contribution < -0.4 is 5.32 Å². The maximum absolute atomic E-state index is 9.77. The second-order valence-corrected chi connectivity index (χ2v) is 4.42. The quantitative estimate of drug-likeness (QED) is 0.667. The van der Waals surface area contributed by atoms with Crippen LogP contribution in [-0.2, 0) is 4.74 Å². The highest BCUT2D eigenvalue weighted by atomic mass is 16.5. The first kappa shape index (κ1) is 13.9. The largest absolute Gasteiger partial charge is 0.390 e. The summed E-state index contributed by atoms with van der Waals surface area (Å²) < 4.78 is 5.60. The van der Waals surface area contributed by atoms with Gasteiger partial charge in [-0.1, -0.05) is 6.92 Å². The molecule has 0 saturated carbocycles. The summed E-state index contributed by atoms with van der Waals surface area (Å²) in [7, 11) is 0. The summed E-state index contributed by atoms with van der Waals surface area (Å²) in [6.07, 6.45) is 2.39. The molecule has 1 heterocycles. The molecule has 0 aromatic rings. The van der Waals surface area contributed by atoms with E-state index < -0.39 is 0 Å². The first-order chi connectivity index (χ1) is 7.76. The van der Waals surface area contributed by atoms with Gasteiger partial charge in [0, 0.05) is 32.8 Å². The standard InChI is InChI=1S/C12H26N2O2/c1-3-13-9-11(15)10-14-7-5-12(6-8-14)16-4-2/h11-13,15H,3-10H2,1-2H3. The van der Waals surface area contributed by atoms with Crippen molar-refractivity contribution in [2.75, 3.05) is 39.3 Å². The van der Waals surface area contributed by atoms with E-state index in [1.54, 1.807) is 0 Å². The summed E-state index contributed by atoms with van der Waals surface area (Å²) in [5, 5.41) is 12.9. The van der Waals surface area contributed by atoms with Gasteiger partial charge in [-0.15, -0.1) is 0 Å². The molecule has 96 valence electrons. The van der Waals surface area contributed by atoms with E-state index in [4.69, 9.17) is 4.74 Å². The SMILES string of the molecule is CCNCC(O)CN1CCC(OCC)CC1. The average Bonchev–Trinajstić information content (AvgIpc) is 2.29. The van der Waals surface area contributed by atoms with Gasteiger partial charge in [0.1, 0.15) is 0 Å². The van der Waals surface area contributed by atoms with Crippen LogP contribution in [-0.4, -0.2) is 61.5 Å². The Bertz CT molecular complexity index is 170. The number of hydrogen-bond donors (Lipinski definition) is 2. The third-order valence-electron chi connectivity index (χ3n) is 3.04. The number of nitrogens with one attached hydrogen (secondary N) is 1. The van der Waals surface area contributed by atoms with Crippen molar-refractivity contribution in [1.82, 2.24) is 10.2 Å². The highest BCUT2D eigenvalue weighted by Gasteiger charge is 2.20. The van der Waals surface area contributed by atoms with Crippen LogP contribution in [0, 0.1) is 0 Å². The molecule has 0 bridgehead atoms. The van der Waals surface area contributed by atoms with E-state index in [0.29, 0.717) is 12.6 Å². The number of β-amino-alcohol motifs (C(OH)–C–C–N with tert-alkyl or cyclic N) is 1. The molecule has 1 unspecified atom stereocenters. The van der Waals surface area contributed by atoms with Gasteiger partial charge in [-0.3, -0.25) is 0 Å². The lowest BCUT2D eigenvalue weighted by atomic mass is 10.1. The molecule has 4 nitrogen and oxygen atoms in total. The molecule has 1 saturated heterocycles. The van der Waals surface area contributed by atoms with Gasteiger partial charge in [0.25, 0.3) is 0 Å². The fourth-order valence-electron chi connectivity index (χ4n) is 2.17. The van der Waals surface area contributed by atoms with E-state index in [2.05, 4.69) is 17.1 Å². The molecule has 0 aromatic carbocycles. The number of piperidine rings is 1. The summed E-state index contributed by atoms with van der Waals surface area (Å²) in [6.45, 7) is 9.42. The van der Waals surface area contributed by atoms with Crippen molar-refractivity contribution < 1.29 is 9.84 Å². The summed E-state index contributed by atoms with van der Waals surface area (Å²) in [5.41, 5.74) is 0. The summed E-state index contributed by atoms with van der Waals surface area (Å²) in [6, 6.07) is 0. The second-order valence-electron chi connectivity index (χ2n) is 4.42. The van der Waals surface area contributed by atoms with Crippen LogP contribution in [0.3, 0.4) is 0 Å². The number of nitrogens with zero attached hydrogens (tertiary/aromatic N) is 1. The fraction of sp³-hybridized carbons (Fsp3) is 1.00. The van der Waals surface area contributed by atoms with Crippen molar-refractivity contribution in [3.63, 3.8) is 0 Å². The number of likely N-dealkylation sites (tertiary alicyclic amines) is 1. The molecule has 1 atom stereocenters. The zero-order chi connectivity index (χ0) is 11.8. The van der Waals surface area contributed by atoms with Crippen LogP contribution in [0.25, 0.3) is 0 Å². The number of rotatable bonds is 7. The van der Waals surface area contributed by atoms with Crippen LogP contribution in [0.2, 0.25) is 0 Å². The van der Waals surface area contributed by atoms with E-state index in [1.807, 2.05) is 6.92 Å². The van der Waals surface area contributed by atoms with Gasteiger partial charge in [-0.05, 0) is 26.3 Å². The molecule has 1 aliphatic heterocycles. The molecular weight excluding hydrogens is 204 g/mol. The Labute approximate surface area is 99.0 Å². The Balaban J connectivity index is 2.11. The van der Waals surface area contributed by atoms with E-state index in [0.717, 1.165) is 45.6 Å². The number of hydrogen-bond acceptors (Lipinski definition) is 4. The maximum Gasteiger partial charge on any atom is 0.0791 e. The molecule has 0 radical (unpaired) electrons. The van der Waals surface area contributed by atoms with Gasteiger partial charge >= 0.3 is 0 Å². The Morgan fingerprint density at radius 1 is 1.38 bits per heavy atom. The zero-order valence-corrected chi connectivity index (χ0v) is 10.6. The van der Waals surface area contributed by atoms with Crippen molar-refractivity contribution in [2.24, 2.45) is 0 Å². The Morgan fingerprint density at radius 2 is 2.06 bits per heavy atom. The smallest absolute Gasteiger partial charge is 0.0791 e. The lowest BCUT2D eigenvalue weighted by molar-refractivity contribution is 0.00369. The number of ether oxygens (including phenoxy) is 1. The second kappa shape index (κ2) is 8.01. The van der Waals surface area contributed by atoms with E-state index in [1.165, 1.54) is 0 Å².